The van der Waals surface area contributed by atoms with Crippen molar-refractivity contribution in [3.05, 3.63) is 12.3 Å². The van der Waals surface area contributed by atoms with Gasteiger partial charge in [-0.05, 0) is 38.3 Å². The van der Waals surface area contributed by atoms with Crippen LogP contribution in [0.2, 0.25) is 0 Å². The molecule has 0 amide bonds. The zero-order chi connectivity index (χ0) is 15.4. The minimum atomic E-state index is -0.842. The summed E-state index contributed by atoms with van der Waals surface area (Å²) in [5.74, 6) is 0.865. The lowest BCUT2D eigenvalue weighted by atomic mass is 10.0. The van der Waals surface area contributed by atoms with Crippen molar-refractivity contribution in [1.82, 2.24) is 14.9 Å². The Balaban J connectivity index is 1.73. The number of hydrogen-bond acceptors (Lipinski definition) is 7. The molecule has 122 valence electrons. The van der Waals surface area contributed by atoms with Crippen molar-refractivity contribution in [2.45, 2.75) is 23.6 Å². The van der Waals surface area contributed by atoms with E-state index in [-0.39, 0.29) is 0 Å². The summed E-state index contributed by atoms with van der Waals surface area (Å²) in [5.41, 5.74) is -0.842. The van der Waals surface area contributed by atoms with Crippen molar-refractivity contribution < 1.29 is 9.84 Å². The third-order valence-corrected chi connectivity index (χ3v) is 4.77. The molecule has 6 nitrogen and oxygen atoms in total. The van der Waals surface area contributed by atoms with Crippen molar-refractivity contribution in [3.63, 3.8) is 0 Å². The Hall–Kier alpha value is -0.890. The van der Waals surface area contributed by atoms with E-state index in [9.17, 15) is 5.11 Å². The molecule has 0 aliphatic carbocycles. The summed E-state index contributed by atoms with van der Waals surface area (Å²) in [4.78, 5) is 13.2. The maximum absolute atomic E-state index is 11.0. The van der Waals surface area contributed by atoms with Gasteiger partial charge in [0.2, 0.25) is 0 Å². The van der Waals surface area contributed by atoms with E-state index in [2.05, 4.69) is 19.8 Å². The molecule has 1 atom stereocenters. The number of thioether (sulfide) groups is 1. The van der Waals surface area contributed by atoms with Gasteiger partial charge in [0, 0.05) is 19.3 Å². The number of ether oxygens (including phenoxy) is 1. The number of nitrogens with zero attached hydrogens (tertiary/aromatic N) is 4. The maximum atomic E-state index is 11.0. The third kappa shape index (κ3) is 3.90. The Morgan fingerprint density at radius 1 is 1.36 bits per heavy atom. The van der Waals surface area contributed by atoms with Gasteiger partial charge in [-0.15, -0.1) is 0 Å². The molecule has 0 bridgehead atoms. The topological polar surface area (TPSA) is 61.7 Å². The quantitative estimate of drug-likeness (QED) is 0.651. The van der Waals surface area contributed by atoms with Gasteiger partial charge in [-0.1, -0.05) is 11.8 Å². The Bertz CT molecular complexity index is 498. The highest BCUT2D eigenvalue weighted by Crippen LogP contribution is 2.22. The Morgan fingerprint density at radius 2 is 2.18 bits per heavy atom. The van der Waals surface area contributed by atoms with E-state index in [1.807, 2.05) is 12.3 Å². The summed E-state index contributed by atoms with van der Waals surface area (Å²) in [5, 5.41) is 11.8. The summed E-state index contributed by atoms with van der Waals surface area (Å²) in [6.45, 7) is 5.12. The smallest absolute Gasteiger partial charge is 0.189 e. The largest absolute Gasteiger partial charge is 0.384 e. The van der Waals surface area contributed by atoms with E-state index in [1.165, 1.54) is 24.6 Å². The van der Waals surface area contributed by atoms with Gasteiger partial charge < -0.3 is 19.6 Å². The fourth-order valence-electron chi connectivity index (χ4n) is 3.17. The van der Waals surface area contributed by atoms with Gasteiger partial charge in [-0.2, -0.15) is 0 Å². The summed E-state index contributed by atoms with van der Waals surface area (Å²) in [6.07, 6.45) is 6.20. The molecule has 3 heterocycles. The predicted octanol–water partition coefficient (Wildman–Crippen LogP) is 0.862. The summed E-state index contributed by atoms with van der Waals surface area (Å²) < 4.78 is 5.66. The van der Waals surface area contributed by atoms with Gasteiger partial charge in [0.25, 0.3) is 0 Å². The Kier molecular flexibility index (Phi) is 5.18. The number of hydrogen-bond donors (Lipinski definition) is 1. The summed E-state index contributed by atoms with van der Waals surface area (Å²) in [6, 6.07) is 1.90. The fraction of sp³-hybridized carbons (Fsp3) is 0.733. The van der Waals surface area contributed by atoms with Gasteiger partial charge in [-0.3, -0.25) is 0 Å². The molecule has 0 aromatic carbocycles. The Labute approximate surface area is 135 Å². The van der Waals surface area contributed by atoms with Gasteiger partial charge in [0.15, 0.2) is 5.16 Å². The Morgan fingerprint density at radius 3 is 2.95 bits per heavy atom. The van der Waals surface area contributed by atoms with Crippen LogP contribution in [0.25, 0.3) is 0 Å². The van der Waals surface area contributed by atoms with Gasteiger partial charge in [-0.25, -0.2) is 9.97 Å². The minimum absolute atomic E-state index is 0.389. The number of aromatic nitrogens is 2. The molecule has 0 radical (unpaired) electrons. The van der Waals surface area contributed by atoms with Crippen LogP contribution in [0.3, 0.4) is 0 Å². The minimum Gasteiger partial charge on any atom is -0.384 e. The van der Waals surface area contributed by atoms with Crippen molar-refractivity contribution in [1.29, 1.82) is 0 Å². The summed E-state index contributed by atoms with van der Waals surface area (Å²) >= 11 is 1.53. The molecule has 2 fully saturated rings. The van der Waals surface area contributed by atoms with Gasteiger partial charge in [0.05, 0.1) is 19.8 Å². The van der Waals surface area contributed by atoms with Crippen LogP contribution in [-0.4, -0.2) is 77.8 Å². The van der Waals surface area contributed by atoms with Crippen LogP contribution >= 0.6 is 11.8 Å². The van der Waals surface area contributed by atoms with Gasteiger partial charge >= 0.3 is 0 Å². The van der Waals surface area contributed by atoms with Crippen LogP contribution in [0.1, 0.15) is 12.8 Å². The second-order valence-electron chi connectivity index (χ2n) is 6.08. The number of β-amino-alcohol motifs (C(OH)–C–C–N with tert-alkyl or cyclic N) is 1. The van der Waals surface area contributed by atoms with Crippen molar-refractivity contribution in [3.8, 4) is 0 Å². The molecule has 22 heavy (non-hydrogen) atoms. The molecule has 3 rings (SSSR count). The van der Waals surface area contributed by atoms with E-state index >= 15 is 0 Å². The molecular formula is C15H24N4O2S. The molecule has 1 aromatic heterocycles. The lowest BCUT2D eigenvalue weighted by Gasteiger charge is -2.34. The van der Waals surface area contributed by atoms with E-state index in [4.69, 9.17) is 4.74 Å². The second-order valence-corrected chi connectivity index (χ2v) is 6.86. The van der Waals surface area contributed by atoms with Crippen molar-refractivity contribution in [2.24, 2.45) is 0 Å². The average Bonchev–Trinajstić information content (AvgIpc) is 2.95. The van der Waals surface area contributed by atoms with Crippen LogP contribution in [0.5, 0.6) is 0 Å². The first kappa shape index (κ1) is 16.0. The first-order valence-electron chi connectivity index (χ1n) is 7.83. The predicted molar refractivity (Wildman–Crippen MR) is 87.5 cm³/mol. The standard InChI is InChI=1S/C15H24N4O2S/c1-22-14-16-5-4-13(17-14)19-8-9-21-12-15(20,11-19)10-18-6-2-3-7-18/h4-5,20H,2-3,6-12H2,1H3. The zero-order valence-electron chi connectivity index (χ0n) is 13.1. The molecule has 2 aliphatic heterocycles. The molecular weight excluding hydrogens is 300 g/mol. The van der Waals surface area contributed by atoms with E-state index < -0.39 is 5.60 Å². The number of aliphatic hydroxyl groups is 1. The average molecular weight is 324 g/mol. The van der Waals surface area contributed by atoms with Crippen LogP contribution in [-0.2, 0) is 4.74 Å². The molecule has 1 aromatic rings. The monoisotopic (exact) mass is 324 g/mol. The SMILES string of the molecule is CSc1nccc(N2CCOCC(O)(CN3CCCC3)C2)n1. The fourth-order valence-corrected chi connectivity index (χ4v) is 3.52. The zero-order valence-corrected chi connectivity index (χ0v) is 13.9. The van der Waals surface area contributed by atoms with E-state index in [0.717, 1.165) is 30.6 Å². The summed E-state index contributed by atoms with van der Waals surface area (Å²) in [7, 11) is 0. The first-order valence-corrected chi connectivity index (χ1v) is 9.05. The second kappa shape index (κ2) is 7.12. The molecule has 2 saturated heterocycles. The van der Waals surface area contributed by atoms with E-state index in [1.54, 1.807) is 6.20 Å². The highest BCUT2D eigenvalue weighted by molar-refractivity contribution is 7.98. The van der Waals surface area contributed by atoms with Crippen LogP contribution < -0.4 is 4.90 Å². The lowest BCUT2D eigenvalue weighted by molar-refractivity contribution is -0.0439. The van der Waals surface area contributed by atoms with Crippen LogP contribution in [0.4, 0.5) is 5.82 Å². The molecule has 1 unspecified atom stereocenters. The third-order valence-electron chi connectivity index (χ3n) is 4.20. The normalized spacial score (nSPS) is 27.1. The van der Waals surface area contributed by atoms with Crippen LogP contribution in [0, 0.1) is 0 Å². The molecule has 7 heteroatoms. The number of likely N-dealkylation sites (tertiary alicyclic amines) is 1. The molecule has 2 aliphatic rings. The number of rotatable bonds is 4. The number of anilines is 1. The van der Waals surface area contributed by atoms with Crippen LogP contribution in [0.15, 0.2) is 17.4 Å². The highest BCUT2D eigenvalue weighted by Gasteiger charge is 2.35. The van der Waals surface area contributed by atoms with Crippen molar-refractivity contribution in [2.75, 3.05) is 57.1 Å². The molecule has 1 N–H and O–H groups in total. The first-order chi connectivity index (χ1) is 10.7. The van der Waals surface area contributed by atoms with Crippen molar-refractivity contribution >= 4 is 17.6 Å². The van der Waals surface area contributed by atoms with E-state index in [0.29, 0.717) is 26.3 Å². The maximum Gasteiger partial charge on any atom is 0.189 e. The highest BCUT2D eigenvalue weighted by atomic mass is 32.2. The lowest BCUT2D eigenvalue weighted by Crippen LogP contribution is -2.52. The van der Waals surface area contributed by atoms with Gasteiger partial charge in [0.1, 0.15) is 11.4 Å². The molecule has 0 saturated carbocycles. The molecule has 0 spiro atoms.